The third-order valence-electron chi connectivity index (χ3n) is 3.60. The molecule has 1 heterocycles. The summed E-state index contributed by atoms with van der Waals surface area (Å²) < 4.78 is 0. The monoisotopic (exact) mass is 269 g/mol. The van der Waals surface area contributed by atoms with E-state index in [0.29, 0.717) is 17.8 Å². The van der Waals surface area contributed by atoms with Gasteiger partial charge in [-0.2, -0.15) is 0 Å². The molecule has 2 rings (SSSR count). The quantitative estimate of drug-likeness (QED) is 0.772. The lowest BCUT2D eigenvalue weighted by molar-refractivity contribution is -0.120. The van der Waals surface area contributed by atoms with Crippen LogP contribution in [0.25, 0.3) is 0 Å². The summed E-state index contributed by atoms with van der Waals surface area (Å²) in [5.74, 6) is 0.824. The minimum absolute atomic E-state index is 0.0896. The van der Waals surface area contributed by atoms with E-state index in [2.05, 4.69) is 29.5 Å². The minimum Gasteiger partial charge on any atom is -0.356 e. The van der Waals surface area contributed by atoms with Gasteiger partial charge in [0.05, 0.1) is 13.1 Å². The highest BCUT2D eigenvalue weighted by Crippen LogP contribution is 2.30. The third-order valence-corrected chi connectivity index (χ3v) is 4.93. The molecule has 0 aromatic carbocycles. The normalized spacial score (nSPS) is 23.1. The molecule has 0 saturated heterocycles. The average Bonchev–Trinajstić information content (AvgIpc) is 3.05. The van der Waals surface area contributed by atoms with Crippen molar-refractivity contribution in [2.24, 2.45) is 10.9 Å². The highest BCUT2D eigenvalue weighted by molar-refractivity contribution is 8.14. The van der Waals surface area contributed by atoms with Crippen molar-refractivity contribution in [3.05, 3.63) is 0 Å². The Kier molecular flexibility index (Phi) is 4.92. The molecule has 5 heteroatoms. The number of carbonyl (C=O) groups is 1. The highest BCUT2D eigenvalue weighted by Gasteiger charge is 2.27. The summed E-state index contributed by atoms with van der Waals surface area (Å²) in [4.78, 5) is 16.0. The predicted molar refractivity (Wildman–Crippen MR) is 76.9 cm³/mol. The fraction of sp³-hybridized carbons (Fsp3) is 0.846. The molecule has 1 unspecified atom stereocenters. The summed E-state index contributed by atoms with van der Waals surface area (Å²) in [6, 6.07) is 0.440. The molecule has 2 aliphatic rings. The van der Waals surface area contributed by atoms with E-state index < -0.39 is 0 Å². The van der Waals surface area contributed by atoms with Gasteiger partial charge in [0.15, 0.2) is 5.17 Å². The van der Waals surface area contributed by atoms with Gasteiger partial charge < -0.3 is 10.6 Å². The van der Waals surface area contributed by atoms with Crippen LogP contribution < -0.4 is 10.6 Å². The standard InChI is InChI=1S/C13H23N3OS/c1-3-9(4-2)11-7-14-13(18-11)15-8-12(17)16-10-5-6-10/h9-11H,3-8H2,1-2H3,(H,14,15)(H,16,17). The van der Waals surface area contributed by atoms with Crippen molar-refractivity contribution in [3.8, 4) is 0 Å². The van der Waals surface area contributed by atoms with E-state index >= 15 is 0 Å². The molecule has 1 fully saturated rings. The first kappa shape index (κ1) is 13.7. The van der Waals surface area contributed by atoms with Crippen LogP contribution in [0.1, 0.15) is 39.5 Å². The van der Waals surface area contributed by atoms with Gasteiger partial charge in [0.2, 0.25) is 5.91 Å². The molecule has 1 saturated carbocycles. The molecule has 102 valence electrons. The van der Waals surface area contributed by atoms with Gasteiger partial charge in [-0.3, -0.25) is 9.79 Å². The number of aliphatic imine (C=N–C) groups is 1. The largest absolute Gasteiger partial charge is 0.356 e. The molecule has 18 heavy (non-hydrogen) atoms. The van der Waals surface area contributed by atoms with E-state index in [1.807, 2.05) is 0 Å². The van der Waals surface area contributed by atoms with Crippen LogP contribution in [-0.4, -0.2) is 35.5 Å². The highest BCUT2D eigenvalue weighted by atomic mass is 32.2. The summed E-state index contributed by atoms with van der Waals surface area (Å²) in [6.07, 6.45) is 4.69. The van der Waals surface area contributed by atoms with E-state index in [-0.39, 0.29) is 5.91 Å². The van der Waals surface area contributed by atoms with Crippen LogP contribution in [-0.2, 0) is 4.79 Å². The van der Waals surface area contributed by atoms with Crippen LogP contribution in [0.5, 0.6) is 0 Å². The Morgan fingerprint density at radius 1 is 1.44 bits per heavy atom. The Hall–Kier alpha value is -0.710. The van der Waals surface area contributed by atoms with Crippen molar-refractivity contribution in [3.63, 3.8) is 0 Å². The number of hydrogen-bond acceptors (Lipinski definition) is 4. The molecule has 4 nitrogen and oxygen atoms in total. The van der Waals surface area contributed by atoms with Gasteiger partial charge >= 0.3 is 0 Å². The third kappa shape index (κ3) is 3.90. The van der Waals surface area contributed by atoms with E-state index in [1.165, 1.54) is 12.8 Å². The van der Waals surface area contributed by atoms with Gasteiger partial charge in [-0.1, -0.05) is 38.5 Å². The topological polar surface area (TPSA) is 53.5 Å². The van der Waals surface area contributed by atoms with Gasteiger partial charge in [-0.25, -0.2) is 0 Å². The van der Waals surface area contributed by atoms with E-state index in [0.717, 1.165) is 30.5 Å². The maximum absolute atomic E-state index is 11.5. The van der Waals surface area contributed by atoms with Crippen molar-refractivity contribution < 1.29 is 4.79 Å². The molecular weight excluding hydrogens is 246 g/mol. The fourth-order valence-corrected chi connectivity index (χ4v) is 3.53. The van der Waals surface area contributed by atoms with E-state index in [1.54, 1.807) is 11.8 Å². The molecule has 2 N–H and O–H groups in total. The second kappa shape index (κ2) is 6.45. The maximum Gasteiger partial charge on any atom is 0.239 e. The number of nitrogens with zero attached hydrogens (tertiary/aromatic N) is 1. The minimum atomic E-state index is 0.0896. The van der Waals surface area contributed by atoms with Crippen molar-refractivity contribution in [1.82, 2.24) is 10.6 Å². The van der Waals surface area contributed by atoms with Gasteiger partial charge in [0, 0.05) is 11.3 Å². The molecule has 1 aliphatic heterocycles. The zero-order valence-corrected chi connectivity index (χ0v) is 12.1. The van der Waals surface area contributed by atoms with Crippen LogP contribution in [0, 0.1) is 5.92 Å². The van der Waals surface area contributed by atoms with Crippen molar-refractivity contribution >= 4 is 22.8 Å². The van der Waals surface area contributed by atoms with Crippen LogP contribution >= 0.6 is 11.8 Å². The van der Waals surface area contributed by atoms with Crippen LogP contribution in [0.3, 0.4) is 0 Å². The van der Waals surface area contributed by atoms with Crippen LogP contribution in [0.2, 0.25) is 0 Å². The molecule has 1 aliphatic carbocycles. The SMILES string of the molecule is CCC(CC)C1CN=C(NCC(=O)NC2CC2)S1. The van der Waals surface area contributed by atoms with Gasteiger partial charge in [-0.15, -0.1) is 0 Å². The number of rotatable bonds is 6. The summed E-state index contributed by atoms with van der Waals surface area (Å²) in [5, 5.41) is 7.65. The van der Waals surface area contributed by atoms with Crippen molar-refractivity contribution in [1.29, 1.82) is 0 Å². The van der Waals surface area contributed by atoms with E-state index in [9.17, 15) is 4.79 Å². The Morgan fingerprint density at radius 3 is 2.78 bits per heavy atom. The summed E-state index contributed by atoms with van der Waals surface area (Å²) in [7, 11) is 0. The lowest BCUT2D eigenvalue weighted by Crippen LogP contribution is -2.36. The first-order valence-electron chi connectivity index (χ1n) is 6.97. The molecule has 1 amide bonds. The van der Waals surface area contributed by atoms with Gasteiger partial charge in [-0.05, 0) is 18.8 Å². The number of amidine groups is 1. The lowest BCUT2D eigenvalue weighted by Gasteiger charge is -2.18. The Balaban J connectivity index is 1.66. The summed E-state index contributed by atoms with van der Waals surface area (Å²) in [5.41, 5.74) is 0. The molecule has 0 aromatic rings. The predicted octanol–water partition coefficient (Wildman–Crippen LogP) is 1.76. The number of amides is 1. The molecular formula is C13H23N3OS. The molecule has 1 atom stereocenters. The second-order valence-electron chi connectivity index (χ2n) is 5.07. The maximum atomic E-state index is 11.5. The molecule has 0 radical (unpaired) electrons. The molecule has 0 bridgehead atoms. The molecule has 0 spiro atoms. The fourth-order valence-electron chi connectivity index (χ4n) is 2.21. The smallest absolute Gasteiger partial charge is 0.239 e. The van der Waals surface area contributed by atoms with Gasteiger partial charge in [0.1, 0.15) is 0 Å². The zero-order chi connectivity index (χ0) is 13.0. The van der Waals surface area contributed by atoms with Crippen molar-refractivity contribution in [2.45, 2.75) is 50.8 Å². The lowest BCUT2D eigenvalue weighted by atomic mass is 9.99. The first-order valence-corrected chi connectivity index (χ1v) is 7.85. The first-order chi connectivity index (χ1) is 8.72. The summed E-state index contributed by atoms with van der Waals surface area (Å²) >= 11 is 1.80. The van der Waals surface area contributed by atoms with Crippen LogP contribution in [0.15, 0.2) is 4.99 Å². The number of hydrogen-bond donors (Lipinski definition) is 2. The average molecular weight is 269 g/mol. The number of nitrogens with one attached hydrogen (secondary N) is 2. The Morgan fingerprint density at radius 2 is 2.17 bits per heavy atom. The second-order valence-corrected chi connectivity index (χ2v) is 6.30. The van der Waals surface area contributed by atoms with Gasteiger partial charge in [0.25, 0.3) is 0 Å². The van der Waals surface area contributed by atoms with Crippen molar-refractivity contribution in [2.75, 3.05) is 13.1 Å². The molecule has 0 aromatic heterocycles. The summed E-state index contributed by atoms with van der Waals surface area (Å²) in [6.45, 7) is 5.73. The Bertz CT molecular complexity index is 324. The van der Waals surface area contributed by atoms with Crippen LogP contribution in [0.4, 0.5) is 0 Å². The Labute approximate surface area is 113 Å². The number of carbonyl (C=O) groups excluding carboxylic acids is 1. The van der Waals surface area contributed by atoms with E-state index in [4.69, 9.17) is 0 Å². The number of thioether (sulfide) groups is 1. The zero-order valence-electron chi connectivity index (χ0n) is 11.2.